The second-order valence-electron chi connectivity index (χ2n) is 4.36. The number of aromatic nitrogens is 4. The average Bonchev–Trinajstić information content (AvgIpc) is 2.77. The van der Waals surface area contributed by atoms with Gasteiger partial charge in [-0.05, 0) is 6.92 Å². The lowest BCUT2D eigenvalue weighted by Gasteiger charge is -2.09. The van der Waals surface area contributed by atoms with Crippen LogP contribution in [0.2, 0.25) is 0 Å². The molecule has 0 aliphatic carbocycles. The molecule has 2 heterocycles. The predicted molar refractivity (Wildman–Crippen MR) is 75.8 cm³/mol. The molecule has 20 heavy (non-hydrogen) atoms. The number of anilines is 2. The summed E-state index contributed by atoms with van der Waals surface area (Å²) in [6.07, 6.45) is 1.84. The van der Waals surface area contributed by atoms with E-state index < -0.39 is 0 Å². The number of nitrogens with one attached hydrogen (secondary N) is 2. The first-order valence-electron chi connectivity index (χ1n) is 6.19. The Balaban J connectivity index is 2.12. The van der Waals surface area contributed by atoms with Crippen LogP contribution < -0.4 is 16.6 Å². The highest BCUT2D eigenvalue weighted by Gasteiger charge is 2.06. The minimum absolute atomic E-state index is 0.329. The van der Waals surface area contributed by atoms with Crippen molar-refractivity contribution in [2.45, 2.75) is 20.1 Å². The average molecular weight is 277 g/mol. The number of nitrogens with zero attached hydrogens (tertiary/aromatic N) is 4. The molecular weight excluding hydrogens is 258 g/mol. The number of methoxy groups -OCH3 is 1. The van der Waals surface area contributed by atoms with Crippen molar-refractivity contribution in [1.82, 2.24) is 19.7 Å². The molecule has 2 rings (SSSR count). The summed E-state index contributed by atoms with van der Waals surface area (Å²) in [4.78, 5) is 8.54. The Morgan fingerprint density at radius 3 is 2.70 bits per heavy atom. The molecule has 108 valence electrons. The molecule has 0 atom stereocenters. The molecular formula is C12H19N7O. The van der Waals surface area contributed by atoms with Gasteiger partial charge in [0.2, 0.25) is 0 Å². The van der Waals surface area contributed by atoms with E-state index in [0.717, 1.165) is 11.3 Å². The van der Waals surface area contributed by atoms with E-state index in [1.807, 2.05) is 24.9 Å². The van der Waals surface area contributed by atoms with Gasteiger partial charge >= 0.3 is 0 Å². The van der Waals surface area contributed by atoms with E-state index in [9.17, 15) is 0 Å². The predicted octanol–water partition coefficient (Wildman–Crippen LogP) is 0.563. The van der Waals surface area contributed by atoms with Gasteiger partial charge in [0.15, 0.2) is 5.82 Å². The van der Waals surface area contributed by atoms with E-state index >= 15 is 0 Å². The van der Waals surface area contributed by atoms with Gasteiger partial charge in [-0.2, -0.15) is 5.10 Å². The summed E-state index contributed by atoms with van der Waals surface area (Å²) in [5, 5.41) is 7.43. The number of nitrogen functional groups attached to an aromatic ring is 1. The number of rotatable bonds is 6. The van der Waals surface area contributed by atoms with Crippen molar-refractivity contribution in [1.29, 1.82) is 0 Å². The van der Waals surface area contributed by atoms with Crippen LogP contribution in [0.4, 0.5) is 11.6 Å². The summed E-state index contributed by atoms with van der Waals surface area (Å²) in [5.41, 5.74) is 4.74. The molecule has 0 aliphatic rings. The molecule has 0 spiro atoms. The second kappa shape index (κ2) is 6.31. The number of hydrogen-bond acceptors (Lipinski definition) is 7. The molecule has 8 nitrogen and oxygen atoms in total. The van der Waals surface area contributed by atoms with Gasteiger partial charge in [-0.15, -0.1) is 0 Å². The zero-order valence-corrected chi connectivity index (χ0v) is 11.8. The minimum atomic E-state index is 0.329. The molecule has 0 aliphatic heterocycles. The first-order valence-corrected chi connectivity index (χ1v) is 6.19. The van der Waals surface area contributed by atoms with E-state index in [2.05, 4.69) is 25.8 Å². The summed E-state index contributed by atoms with van der Waals surface area (Å²) in [6, 6.07) is 1.74. The lowest BCUT2D eigenvalue weighted by atomic mass is 10.2. The molecule has 2 aromatic rings. The van der Waals surface area contributed by atoms with E-state index in [-0.39, 0.29) is 0 Å². The van der Waals surface area contributed by atoms with Gasteiger partial charge < -0.3 is 15.5 Å². The van der Waals surface area contributed by atoms with Gasteiger partial charge in [-0.3, -0.25) is 4.68 Å². The van der Waals surface area contributed by atoms with Crippen LogP contribution in [0.5, 0.6) is 0 Å². The zero-order chi connectivity index (χ0) is 14.5. The van der Waals surface area contributed by atoms with Crippen molar-refractivity contribution in [2.75, 3.05) is 17.9 Å². The first-order chi connectivity index (χ1) is 9.63. The molecule has 2 aromatic heterocycles. The Morgan fingerprint density at radius 1 is 1.35 bits per heavy atom. The van der Waals surface area contributed by atoms with Crippen LogP contribution in [0.3, 0.4) is 0 Å². The Kier molecular flexibility index (Phi) is 4.49. The van der Waals surface area contributed by atoms with Crippen LogP contribution in [0.1, 0.15) is 17.1 Å². The lowest BCUT2D eigenvalue weighted by molar-refractivity contribution is 0.178. The van der Waals surface area contributed by atoms with Gasteiger partial charge in [0.25, 0.3) is 0 Å². The largest absolute Gasteiger partial charge is 0.377 e. The van der Waals surface area contributed by atoms with Crippen LogP contribution in [0.15, 0.2) is 12.3 Å². The van der Waals surface area contributed by atoms with Crippen molar-refractivity contribution >= 4 is 11.6 Å². The molecule has 0 unspecified atom stereocenters. The standard InChI is InChI=1S/C12H19N7O/c1-8-9(6-15-19(8)2)5-14-10-4-11(18-13)17-12(16-10)7-20-3/h4,6H,5,7,13H2,1-3H3,(H2,14,16,17,18). The molecule has 0 radical (unpaired) electrons. The van der Waals surface area contributed by atoms with Crippen LogP contribution in [0, 0.1) is 6.92 Å². The van der Waals surface area contributed by atoms with Gasteiger partial charge in [0.1, 0.15) is 18.2 Å². The van der Waals surface area contributed by atoms with Crippen LogP contribution >= 0.6 is 0 Å². The highest BCUT2D eigenvalue weighted by molar-refractivity contribution is 5.47. The Labute approximate surface area is 117 Å². The minimum Gasteiger partial charge on any atom is -0.377 e. The number of ether oxygens (including phenoxy) is 1. The normalized spacial score (nSPS) is 10.6. The molecule has 0 saturated carbocycles. The third-order valence-electron chi connectivity index (χ3n) is 2.99. The summed E-state index contributed by atoms with van der Waals surface area (Å²) in [6.45, 7) is 2.98. The monoisotopic (exact) mass is 277 g/mol. The second-order valence-corrected chi connectivity index (χ2v) is 4.36. The number of hydrazine groups is 1. The highest BCUT2D eigenvalue weighted by Crippen LogP contribution is 2.13. The van der Waals surface area contributed by atoms with Crippen LogP contribution in [-0.4, -0.2) is 26.9 Å². The lowest BCUT2D eigenvalue weighted by Crippen LogP contribution is -2.12. The Bertz CT molecular complexity index is 581. The van der Waals surface area contributed by atoms with E-state index in [1.54, 1.807) is 13.2 Å². The fraction of sp³-hybridized carbons (Fsp3) is 0.417. The van der Waals surface area contributed by atoms with E-state index in [0.29, 0.717) is 30.6 Å². The van der Waals surface area contributed by atoms with Gasteiger partial charge in [0.05, 0.1) is 6.20 Å². The van der Waals surface area contributed by atoms with E-state index in [1.165, 1.54) is 0 Å². The van der Waals surface area contributed by atoms with Gasteiger partial charge in [-0.25, -0.2) is 15.8 Å². The molecule has 8 heteroatoms. The number of nitrogens with two attached hydrogens (primary N) is 1. The maximum atomic E-state index is 5.40. The summed E-state index contributed by atoms with van der Waals surface area (Å²) in [5.74, 6) is 7.18. The molecule has 0 amide bonds. The first kappa shape index (κ1) is 14.2. The smallest absolute Gasteiger partial charge is 0.158 e. The highest BCUT2D eigenvalue weighted by atomic mass is 16.5. The van der Waals surface area contributed by atoms with Crippen LogP contribution in [0.25, 0.3) is 0 Å². The molecule has 0 bridgehead atoms. The molecule has 4 N–H and O–H groups in total. The molecule has 0 aromatic carbocycles. The van der Waals surface area contributed by atoms with Crippen molar-refractivity contribution in [3.63, 3.8) is 0 Å². The van der Waals surface area contributed by atoms with Crippen molar-refractivity contribution < 1.29 is 4.74 Å². The van der Waals surface area contributed by atoms with Gasteiger partial charge in [0, 0.05) is 38.0 Å². The molecule has 0 fully saturated rings. The topological polar surface area (TPSA) is 103 Å². The maximum Gasteiger partial charge on any atom is 0.158 e. The fourth-order valence-electron chi connectivity index (χ4n) is 1.76. The molecule has 0 saturated heterocycles. The van der Waals surface area contributed by atoms with Gasteiger partial charge in [-0.1, -0.05) is 0 Å². The third-order valence-corrected chi connectivity index (χ3v) is 2.99. The Morgan fingerprint density at radius 2 is 2.10 bits per heavy atom. The van der Waals surface area contributed by atoms with Crippen molar-refractivity contribution in [3.05, 3.63) is 29.3 Å². The summed E-state index contributed by atoms with van der Waals surface area (Å²) >= 11 is 0. The van der Waals surface area contributed by atoms with Crippen LogP contribution in [-0.2, 0) is 24.9 Å². The third kappa shape index (κ3) is 3.22. The summed E-state index contributed by atoms with van der Waals surface area (Å²) < 4.78 is 6.87. The van der Waals surface area contributed by atoms with E-state index in [4.69, 9.17) is 10.6 Å². The quantitative estimate of drug-likeness (QED) is 0.523. The zero-order valence-electron chi connectivity index (χ0n) is 11.8. The number of aryl methyl sites for hydroxylation is 1. The Hall–Kier alpha value is -2.19. The SMILES string of the molecule is COCc1nc(NN)cc(NCc2cnn(C)c2C)n1. The van der Waals surface area contributed by atoms with Crippen molar-refractivity contribution in [3.8, 4) is 0 Å². The number of hydrogen-bond donors (Lipinski definition) is 3. The maximum absolute atomic E-state index is 5.40. The van der Waals surface area contributed by atoms with Crippen molar-refractivity contribution in [2.24, 2.45) is 12.9 Å². The fourth-order valence-corrected chi connectivity index (χ4v) is 1.76. The summed E-state index contributed by atoms with van der Waals surface area (Å²) in [7, 11) is 3.51.